The number of carbonyl (C=O) groups excluding carboxylic acids is 1. The number of carbonyl (C=O) groups is 1. The molecule has 0 atom stereocenters. The van der Waals surface area contributed by atoms with Crippen molar-refractivity contribution in [3.8, 4) is 0 Å². The van der Waals surface area contributed by atoms with Crippen LogP contribution in [-0.2, 0) is 17.9 Å². The number of methoxy groups -OCH3 is 1. The fourth-order valence-electron chi connectivity index (χ4n) is 2.91. The average molecular weight is 329 g/mol. The Labute approximate surface area is 142 Å². The quantitative estimate of drug-likeness (QED) is 0.841. The van der Waals surface area contributed by atoms with Gasteiger partial charge in [0.05, 0.1) is 18.8 Å². The van der Waals surface area contributed by atoms with E-state index >= 15 is 0 Å². The largest absolute Gasteiger partial charge is 0.380 e. The van der Waals surface area contributed by atoms with E-state index < -0.39 is 0 Å². The van der Waals surface area contributed by atoms with Crippen LogP contribution in [0.2, 0.25) is 0 Å². The van der Waals surface area contributed by atoms with Gasteiger partial charge in [0.25, 0.3) is 5.91 Å². The molecule has 2 heterocycles. The maximum atomic E-state index is 12.6. The fraction of sp³-hybridized carbons (Fsp3) is 0.444. The minimum absolute atomic E-state index is 0.0918. The number of aromatic nitrogens is 1. The highest BCUT2D eigenvalue weighted by Gasteiger charge is 2.22. The van der Waals surface area contributed by atoms with Crippen LogP contribution in [0, 0.1) is 6.92 Å². The van der Waals surface area contributed by atoms with Crippen molar-refractivity contribution in [2.45, 2.75) is 20.1 Å². The van der Waals surface area contributed by atoms with Gasteiger partial charge in [0.15, 0.2) is 5.76 Å². The molecule has 1 aliphatic rings. The summed E-state index contributed by atoms with van der Waals surface area (Å²) in [5, 5.41) is 3.91. The van der Waals surface area contributed by atoms with Gasteiger partial charge in [-0.15, -0.1) is 0 Å². The van der Waals surface area contributed by atoms with E-state index in [9.17, 15) is 4.79 Å². The lowest BCUT2D eigenvalue weighted by Crippen LogP contribution is -2.48. The van der Waals surface area contributed by atoms with Crippen LogP contribution in [-0.4, -0.2) is 54.2 Å². The first-order chi connectivity index (χ1) is 11.7. The molecule has 2 aromatic rings. The van der Waals surface area contributed by atoms with Gasteiger partial charge in [-0.3, -0.25) is 9.69 Å². The van der Waals surface area contributed by atoms with Crippen LogP contribution in [0.1, 0.15) is 27.4 Å². The molecule has 3 rings (SSSR count). The lowest BCUT2D eigenvalue weighted by Gasteiger charge is -2.34. The molecule has 1 saturated heterocycles. The second-order valence-corrected chi connectivity index (χ2v) is 6.13. The van der Waals surface area contributed by atoms with Gasteiger partial charge in [0, 0.05) is 44.9 Å². The predicted octanol–water partition coefficient (Wildman–Crippen LogP) is 2.09. The molecular weight excluding hydrogens is 306 g/mol. The molecule has 0 radical (unpaired) electrons. The number of amides is 1. The Morgan fingerprint density at radius 3 is 2.50 bits per heavy atom. The first-order valence-corrected chi connectivity index (χ1v) is 8.17. The summed E-state index contributed by atoms with van der Waals surface area (Å²) in [5.74, 6) is 0.968. The van der Waals surface area contributed by atoms with Crippen LogP contribution in [0.4, 0.5) is 0 Å². The van der Waals surface area contributed by atoms with Crippen molar-refractivity contribution >= 4 is 5.91 Å². The molecule has 128 valence electrons. The van der Waals surface area contributed by atoms with Crippen LogP contribution >= 0.6 is 0 Å². The Morgan fingerprint density at radius 1 is 1.21 bits per heavy atom. The molecule has 1 fully saturated rings. The van der Waals surface area contributed by atoms with Crippen molar-refractivity contribution in [3.05, 3.63) is 52.9 Å². The topological polar surface area (TPSA) is 58.8 Å². The van der Waals surface area contributed by atoms with E-state index in [1.807, 2.05) is 42.2 Å². The molecule has 0 spiro atoms. The van der Waals surface area contributed by atoms with Gasteiger partial charge in [0.1, 0.15) is 0 Å². The molecule has 0 N–H and O–H groups in total. The zero-order valence-corrected chi connectivity index (χ0v) is 14.2. The summed E-state index contributed by atoms with van der Waals surface area (Å²) in [7, 11) is 1.67. The number of rotatable bonds is 5. The second-order valence-electron chi connectivity index (χ2n) is 6.13. The van der Waals surface area contributed by atoms with Crippen LogP contribution in [0.25, 0.3) is 0 Å². The monoisotopic (exact) mass is 329 g/mol. The van der Waals surface area contributed by atoms with E-state index in [0.29, 0.717) is 6.61 Å². The van der Waals surface area contributed by atoms with E-state index in [-0.39, 0.29) is 5.91 Å². The standard InChI is InChI=1S/C18H23N3O3/c1-14-11-17(24-19-14)12-20-7-9-21(10-8-20)18(22)16-5-3-15(4-6-16)13-23-2/h3-6,11H,7-10,12-13H2,1-2H3. The normalized spacial score (nSPS) is 15.7. The van der Waals surface area contributed by atoms with Gasteiger partial charge in [-0.05, 0) is 24.6 Å². The minimum atomic E-state index is 0.0918. The maximum Gasteiger partial charge on any atom is 0.253 e. The Hall–Kier alpha value is -2.18. The molecular formula is C18H23N3O3. The summed E-state index contributed by atoms with van der Waals surface area (Å²) in [6.07, 6.45) is 0. The highest BCUT2D eigenvalue weighted by atomic mass is 16.5. The van der Waals surface area contributed by atoms with Gasteiger partial charge in [-0.25, -0.2) is 0 Å². The maximum absolute atomic E-state index is 12.6. The van der Waals surface area contributed by atoms with Crippen molar-refractivity contribution in [1.29, 1.82) is 0 Å². The molecule has 6 heteroatoms. The zero-order chi connectivity index (χ0) is 16.9. The molecule has 24 heavy (non-hydrogen) atoms. The van der Waals surface area contributed by atoms with Crippen molar-refractivity contribution in [2.75, 3.05) is 33.3 Å². The van der Waals surface area contributed by atoms with Crippen molar-refractivity contribution in [1.82, 2.24) is 15.0 Å². The summed E-state index contributed by atoms with van der Waals surface area (Å²) in [6, 6.07) is 9.60. The third-order valence-corrected chi connectivity index (χ3v) is 4.23. The first kappa shape index (κ1) is 16.7. The minimum Gasteiger partial charge on any atom is -0.380 e. The number of piperazine rings is 1. The number of nitrogens with zero attached hydrogens (tertiary/aromatic N) is 3. The fourth-order valence-corrected chi connectivity index (χ4v) is 2.91. The molecule has 1 aromatic carbocycles. The summed E-state index contributed by atoms with van der Waals surface area (Å²) in [5.41, 5.74) is 2.70. The average Bonchev–Trinajstić information content (AvgIpc) is 3.01. The van der Waals surface area contributed by atoms with Crippen molar-refractivity contribution < 1.29 is 14.1 Å². The third kappa shape index (κ3) is 4.01. The molecule has 0 aliphatic carbocycles. The van der Waals surface area contributed by atoms with E-state index in [4.69, 9.17) is 9.26 Å². The number of aryl methyl sites for hydroxylation is 1. The summed E-state index contributed by atoms with van der Waals surface area (Å²) < 4.78 is 10.4. The highest BCUT2D eigenvalue weighted by molar-refractivity contribution is 5.94. The number of ether oxygens (including phenoxy) is 1. The van der Waals surface area contributed by atoms with Crippen LogP contribution in [0.5, 0.6) is 0 Å². The van der Waals surface area contributed by atoms with Crippen LogP contribution in [0.15, 0.2) is 34.9 Å². The van der Waals surface area contributed by atoms with Crippen LogP contribution < -0.4 is 0 Å². The van der Waals surface area contributed by atoms with Crippen molar-refractivity contribution in [2.24, 2.45) is 0 Å². The Bertz CT molecular complexity index is 673. The number of benzene rings is 1. The Balaban J connectivity index is 1.52. The van der Waals surface area contributed by atoms with Crippen molar-refractivity contribution in [3.63, 3.8) is 0 Å². The van der Waals surface area contributed by atoms with E-state index in [1.54, 1.807) is 7.11 Å². The summed E-state index contributed by atoms with van der Waals surface area (Å²) in [4.78, 5) is 16.8. The number of hydrogen-bond donors (Lipinski definition) is 0. The summed E-state index contributed by atoms with van der Waals surface area (Å²) in [6.45, 7) is 6.36. The summed E-state index contributed by atoms with van der Waals surface area (Å²) >= 11 is 0. The van der Waals surface area contributed by atoms with Gasteiger partial charge < -0.3 is 14.2 Å². The van der Waals surface area contributed by atoms with E-state index in [2.05, 4.69) is 10.1 Å². The van der Waals surface area contributed by atoms with Gasteiger partial charge in [-0.1, -0.05) is 17.3 Å². The number of hydrogen-bond acceptors (Lipinski definition) is 5. The Morgan fingerprint density at radius 2 is 1.92 bits per heavy atom. The second kappa shape index (κ2) is 7.59. The Kier molecular flexibility index (Phi) is 5.27. The molecule has 0 saturated carbocycles. The lowest BCUT2D eigenvalue weighted by atomic mass is 10.1. The smallest absolute Gasteiger partial charge is 0.253 e. The van der Waals surface area contributed by atoms with Gasteiger partial charge in [-0.2, -0.15) is 0 Å². The molecule has 0 bridgehead atoms. The third-order valence-electron chi connectivity index (χ3n) is 4.23. The van der Waals surface area contributed by atoms with Gasteiger partial charge >= 0.3 is 0 Å². The van der Waals surface area contributed by atoms with Crippen LogP contribution in [0.3, 0.4) is 0 Å². The lowest BCUT2D eigenvalue weighted by molar-refractivity contribution is 0.0617. The van der Waals surface area contributed by atoms with Gasteiger partial charge in [0.2, 0.25) is 0 Å². The van der Waals surface area contributed by atoms with E-state index in [1.165, 1.54) is 0 Å². The van der Waals surface area contributed by atoms with E-state index in [0.717, 1.165) is 55.3 Å². The molecule has 6 nitrogen and oxygen atoms in total. The first-order valence-electron chi connectivity index (χ1n) is 8.17. The molecule has 0 unspecified atom stereocenters. The molecule has 1 aromatic heterocycles. The SMILES string of the molecule is COCc1ccc(C(=O)N2CCN(Cc3cc(C)no3)CC2)cc1. The zero-order valence-electron chi connectivity index (χ0n) is 14.2. The molecule has 1 aliphatic heterocycles. The predicted molar refractivity (Wildman–Crippen MR) is 89.6 cm³/mol. The molecule has 1 amide bonds. The highest BCUT2D eigenvalue weighted by Crippen LogP contribution is 2.13.